The molecule has 1 fully saturated rings. The molecule has 2 aliphatic heterocycles. The van der Waals surface area contributed by atoms with Gasteiger partial charge in [0.25, 0.3) is 0 Å². The van der Waals surface area contributed by atoms with Crippen molar-refractivity contribution in [1.29, 1.82) is 0 Å². The molecule has 3 heterocycles. The van der Waals surface area contributed by atoms with Gasteiger partial charge in [0.1, 0.15) is 6.04 Å². The highest BCUT2D eigenvalue weighted by Crippen LogP contribution is 2.42. The van der Waals surface area contributed by atoms with Crippen LogP contribution in [0.15, 0.2) is 18.3 Å². The van der Waals surface area contributed by atoms with Crippen LogP contribution >= 0.6 is 0 Å². The summed E-state index contributed by atoms with van der Waals surface area (Å²) in [6.45, 7) is 4.85. The molecule has 1 saturated heterocycles. The smallest absolute Gasteiger partial charge is 0.305 e. The number of hydrogen-bond acceptors (Lipinski definition) is 4. The number of nitrogens with zero attached hydrogens (tertiary/aromatic N) is 2. The van der Waals surface area contributed by atoms with Crippen LogP contribution in [0.25, 0.3) is 0 Å². The number of hydrogen-bond donors (Lipinski definition) is 0. The summed E-state index contributed by atoms with van der Waals surface area (Å²) in [4.78, 5) is 26.4. The third-order valence-corrected chi connectivity index (χ3v) is 5.13. The number of aromatic nitrogens is 1. The average molecular weight is 320 g/mol. The molecular weight excluding hydrogens is 296 g/mol. The number of ether oxygens (including phenoxy) is 2. The lowest BCUT2D eigenvalue weighted by Crippen LogP contribution is -2.49. The molecule has 0 aliphatic carbocycles. The van der Waals surface area contributed by atoms with Gasteiger partial charge in [-0.1, -0.05) is 20.3 Å². The zero-order chi connectivity index (χ0) is 16.6. The van der Waals surface area contributed by atoms with E-state index in [-0.39, 0.29) is 36.6 Å². The molecule has 4 atom stereocenters. The molecule has 0 aromatic carbocycles. The van der Waals surface area contributed by atoms with Crippen LogP contribution in [-0.4, -0.2) is 41.1 Å². The highest BCUT2D eigenvalue weighted by Gasteiger charge is 2.48. The second-order valence-corrected chi connectivity index (χ2v) is 6.36. The van der Waals surface area contributed by atoms with Gasteiger partial charge in [-0.2, -0.15) is 0 Å². The average Bonchev–Trinajstić information content (AvgIpc) is 3.20. The maximum Gasteiger partial charge on any atom is 0.305 e. The third-order valence-electron chi connectivity index (χ3n) is 5.13. The van der Waals surface area contributed by atoms with E-state index >= 15 is 0 Å². The Balaban J connectivity index is 1.89. The molecule has 0 N–H and O–H groups in total. The number of carbonyl (C=O) groups is 2. The van der Waals surface area contributed by atoms with Crippen molar-refractivity contribution in [3.8, 4) is 0 Å². The van der Waals surface area contributed by atoms with Crippen LogP contribution in [0.1, 0.15) is 51.1 Å². The van der Waals surface area contributed by atoms with Crippen molar-refractivity contribution < 1.29 is 19.1 Å². The van der Waals surface area contributed by atoms with Crippen LogP contribution in [0.3, 0.4) is 0 Å². The highest BCUT2D eigenvalue weighted by molar-refractivity contribution is 5.83. The van der Waals surface area contributed by atoms with Gasteiger partial charge in [-0.3, -0.25) is 9.59 Å². The van der Waals surface area contributed by atoms with Gasteiger partial charge >= 0.3 is 5.97 Å². The predicted octanol–water partition coefficient (Wildman–Crippen LogP) is 2.27. The second-order valence-electron chi connectivity index (χ2n) is 6.36. The fraction of sp³-hybridized carbons (Fsp3) is 0.647. The molecule has 3 rings (SSSR count). The van der Waals surface area contributed by atoms with Gasteiger partial charge in [-0.25, -0.2) is 0 Å². The Labute approximate surface area is 136 Å². The van der Waals surface area contributed by atoms with Crippen molar-refractivity contribution in [3.05, 3.63) is 24.0 Å². The summed E-state index contributed by atoms with van der Waals surface area (Å²) in [5.41, 5.74) is 0.991. The normalized spacial score (nSPS) is 27.5. The molecule has 1 aromatic heterocycles. The largest absolute Gasteiger partial charge is 0.469 e. The van der Waals surface area contributed by atoms with Gasteiger partial charge in [0.05, 0.1) is 25.5 Å². The van der Waals surface area contributed by atoms with E-state index in [0.717, 1.165) is 12.1 Å². The molecule has 0 saturated carbocycles. The SMILES string of the molecule is CC[C@@H](C)[C@H]1COC2c3cccn3[C@@H](CCC(=O)OC)C(=O)N21. The first kappa shape index (κ1) is 16.1. The molecule has 6 heteroatoms. The maximum absolute atomic E-state index is 13.1. The molecule has 1 aromatic rings. The van der Waals surface area contributed by atoms with Crippen LogP contribution < -0.4 is 0 Å². The molecule has 1 unspecified atom stereocenters. The summed E-state index contributed by atoms with van der Waals surface area (Å²) >= 11 is 0. The van der Waals surface area contributed by atoms with Crippen molar-refractivity contribution in [2.24, 2.45) is 5.92 Å². The molecule has 0 spiro atoms. The number of rotatable bonds is 5. The van der Waals surface area contributed by atoms with Gasteiger partial charge in [0, 0.05) is 12.6 Å². The molecule has 0 bridgehead atoms. The quantitative estimate of drug-likeness (QED) is 0.781. The number of carbonyl (C=O) groups excluding carboxylic acids is 2. The van der Waals surface area contributed by atoms with Crippen LogP contribution in [0.4, 0.5) is 0 Å². The standard InChI is InChI=1S/C17H24N2O4/c1-4-11(2)14-10-23-17-13-6-5-9-18(13)12(16(21)19(14)17)7-8-15(20)22-3/h5-6,9,11-12,14,17H,4,7-8,10H2,1-3H3/t11-,12+,14-,17?/m1/s1. The second kappa shape index (κ2) is 6.35. The lowest BCUT2D eigenvalue weighted by molar-refractivity contribution is -0.148. The number of amides is 1. The van der Waals surface area contributed by atoms with Gasteiger partial charge in [0.2, 0.25) is 5.91 Å². The minimum Gasteiger partial charge on any atom is -0.469 e. The molecule has 1 amide bonds. The molecular formula is C17H24N2O4. The minimum atomic E-state index is -0.358. The summed E-state index contributed by atoms with van der Waals surface area (Å²) in [6.07, 6.45) is 3.28. The topological polar surface area (TPSA) is 60.8 Å². The molecule has 23 heavy (non-hydrogen) atoms. The fourth-order valence-electron chi connectivity index (χ4n) is 3.55. The van der Waals surface area contributed by atoms with E-state index in [1.807, 2.05) is 27.8 Å². The van der Waals surface area contributed by atoms with E-state index in [9.17, 15) is 9.59 Å². The predicted molar refractivity (Wildman–Crippen MR) is 83.5 cm³/mol. The Morgan fingerprint density at radius 3 is 3.00 bits per heavy atom. The van der Waals surface area contributed by atoms with E-state index in [1.54, 1.807) is 0 Å². The lowest BCUT2D eigenvalue weighted by atomic mass is 9.96. The first-order chi connectivity index (χ1) is 11.1. The summed E-state index contributed by atoms with van der Waals surface area (Å²) in [5, 5.41) is 0. The Hall–Kier alpha value is -1.82. The van der Waals surface area contributed by atoms with Crippen LogP contribution in [-0.2, 0) is 19.1 Å². The Kier molecular flexibility index (Phi) is 4.43. The first-order valence-electron chi connectivity index (χ1n) is 8.25. The molecule has 2 aliphatic rings. The molecule has 6 nitrogen and oxygen atoms in total. The van der Waals surface area contributed by atoms with Gasteiger partial charge in [-0.05, 0) is 24.5 Å². The van der Waals surface area contributed by atoms with Gasteiger partial charge in [-0.15, -0.1) is 0 Å². The van der Waals surface area contributed by atoms with Crippen molar-refractivity contribution >= 4 is 11.9 Å². The van der Waals surface area contributed by atoms with E-state index < -0.39 is 0 Å². The molecule has 126 valence electrons. The summed E-state index contributed by atoms with van der Waals surface area (Å²) in [7, 11) is 1.37. The lowest BCUT2D eigenvalue weighted by Gasteiger charge is -2.39. The first-order valence-corrected chi connectivity index (χ1v) is 8.25. The van der Waals surface area contributed by atoms with E-state index in [1.165, 1.54) is 7.11 Å². The van der Waals surface area contributed by atoms with E-state index in [4.69, 9.17) is 9.47 Å². The van der Waals surface area contributed by atoms with Crippen molar-refractivity contribution in [1.82, 2.24) is 9.47 Å². The van der Waals surface area contributed by atoms with E-state index in [0.29, 0.717) is 18.9 Å². The Bertz CT molecular complexity index is 597. The van der Waals surface area contributed by atoms with Crippen LogP contribution in [0.5, 0.6) is 0 Å². The van der Waals surface area contributed by atoms with Gasteiger partial charge in [0.15, 0.2) is 6.23 Å². The van der Waals surface area contributed by atoms with Crippen LogP contribution in [0.2, 0.25) is 0 Å². The third kappa shape index (κ3) is 2.65. The Morgan fingerprint density at radius 1 is 1.52 bits per heavy atom. The van der Waals surface area contributed by atoms with Crippen molar-refractivity contribution in [3.63, 3.8) is 0 Å². The fourth-order valence-corrected chi connectivity index (χ4v) is 3.55. The molecule has 0 radical (unpaired) electrons. The van der Waals surface area contributed by atoms with Crippen LogP contribution in [0, 0.1) is 5.92 Å². The zero-order valence-corrected chi connectivity index (χ0v) is 13.9. The number of fused-ring (bicyclic) bond motifs is 3. The minimum absolute atomic E-state index is 0.0467. The zero-order valence-electron chi connectivity index (χ0n) is 13.9. The maximum atomic E-state index is 13.1. The summed E-state index contributed by atoms with van der Waals surface area (Å²) in [6, 6.07) is 3.66. The van der Waals surface area contributed by atoms with Gasteiger partial charge < -0.3 is 18.9 Å². The van der Waals surface area contributed by atoms with Crippen molar-refractivity contribution in [2.75, 3.05) is 13.7 Å². The summed E-state index contributed by atoms with van der Waals surface area (Å²) < 4.78 is 12.6. The van der Waals surface area contributed by atoms with E-state index in [2.05, 4.69) is 13.8 Å². The number of esters is 1. The Morgan fingerprint density at radius 2 is 2.30 bits per heavy atom. The summed E-state index contributed by atoms with van der Waals surface area (Å²) in [5.74, 6) is 0.141. The van der Waals surface area contributed by atoms with Crippen molar-refractivity contribution in [2.45, 2.75) is 51.4 Å². The number of methoxy groups -OCH3 is 1. The highest BCUT2D eigenvalue weighted by atomic mass is 16.5. The monoisotopic (exact) mass is 320 g/mol.